The number of azo groups is 1. The maximum Gasteiger partial charge on any atom is 0.145 e. The molecule has 0 aromatic heterocycles. The highest BCUT2D eigenvalue weighted by Gasteiger charge is 1.99. The standard InChI is InChI=1S/C12H10BrN3O/c13-8-1-4-10(5-2-8)15-16-11-6-3-9(14)7-12(11)17/h1-7,17H,14H2. The lowest BCUT2D eigenvalue weighted by molar-refractivity contribution is 0.476. The lowest BCUT2D eigenvalue weighted by atomic mass is 10.3. The molecule has 0 amide bonds. The third-order valence-electron chi connectivity index (χ3n) is 2.10. The molecule has 2 aromatic rings. The van der Waals surface area contributed by atoms with Crippen molar-refractivity contribution in [2.45, 2.75) is 0 Å². The average molecular weight is 292 g/mol. The molecule has 0 aliphatic heterocycles. The molecule has 2 aromatic carbocycles. The zero-order valence-corrected chi connectivity index (χ0v) is 10.4. The third kappa shape index (κ3) is 3.04. The first-order valence-electron chi connectivity index (χ1n) is 4.91. The van der Waals surface area contributed by atoms with E-state index in [2.05, 4.69) is 26.2 Å². The Morgan fingerprint density at radius 3 is 2.35 bits per heavy atom. The van der Waals surface area contributed by atoms with Gasteiger partial charge in [0.2, 0.25) is 0 Å². The van der Waals surface area contributed by atoms with Crippen molar-refractivity contribution in [3.8, 4) is 5.75 Å². The minimum absolute atomic E-state index is 0.0193. The Morgan fingerprint density at radius 1 is 1.00 bits per heavy atom. The molecule has 0 fully saturated rings. The van der Waals surface area contributed by atoms with Crippen LogP contribution in [0.2, 0.25) is 0 Å². The zero-order chi connectivity index (χ0) is 12.3. The van der Waals surface area contributed by atoms with E-state index in [4.69, 9.17) is 5.73 Å². The summed E-state index contributed by atoms with van der Waals surface area (Å²) in [6.07, 6.45) is 0. The van der Waals surface area contributed by atoms with Gasteiger partial charge in [-0.3, -0.25) is 0 Å². The van der Waals surface area contributed by atoms with Crippen molar-refractivity contribution in [1.82, 2.24) is 0 Å². The van der Waals surface area contributed by atoms with E-state index in [1.165, 1.54) is 6.07 Å². The van der Waals surface area contributed by atoms with Crippen LogP contribution >= 0.6 is 15.9 Å². The topological polar surface area (TPSA) is 71.0 Å². The van der Waals surface area contributed by atoms with Crippen molar-refractivity contribution in [3.05, 3.63) is 46.9 Å². The van der Waals surface area contributed by atoms with Crippen LogP contribution in [0.5, 0.6) is 5.75 Å². The van der Waals surface area contributed by atoms with Gasteiger partial charge in [0.05, 0.1) is 5.69 Å². The normalized spacial score (nSPS) is 10.9. The Balaban J connectivity index is 2.23. The highest BCUT2D eigenvalue weighted by atomic mass is 79.9. The number of halogens is 1. The second kappa shape index (κ2) is 4.97. The van der Waals surface area contributed by atoms with Gasteiger partial charge in [-0.1, -0.05) is 15.9 Å². The number of hydrogen-bond acceptors (Lipinski definition) is 4. The number of rotatable bonds is 2. The molecule has 0 saturated carbocycles. The van der Waals surface area contributed by atoms with E-state index in [9.17, 15) is 5.11 Å². The summed E-state index contributed by atoms with van der Waals surface area (Å²) in [5, 5.41) is 17.5. The Hall–Kier alpha value is -1.88. The molecular formula is C12H10BrN3O. The number of nitrogens with zero attached hydrogens (tertiary/aromatic N) is 2. The van der Waals surface area contributed by atoms with Crippen molar-refractivity contribution in [2.24, 2.45) is 10.2 Å². The maximum absolute atomic E-state index is 9.57. The van der Waals surface area contributed by atoms with Gasteiger partial charge in [-0.05, 0) is 36.4 Å². The number of phenols is 1. The minimum atomic E-state index is 0.0193. The van der Waals surface area contributed by atoms with Crippen LogP contribution in [-0.4, -0.2) is 5.11 Å². The van der Waals surface area contributed by atoms with Gasteiger partial charge in [-0.25, -0.2) is 0 Å². The van der Waals surface area contributed by atoms with Crippen LogP contribution in [-0.2, 0) is 0 Å². The van der Waals surface area contributed by atoms with Gasteiger partial charge in [-0.2, -0.15) is 5.11 Å². The highest BCUT2D eigenvalue weighted by molar-refractivity contribution is 9.10. The molecule has 0 aliphatic carbocycles. The van der Waals surface area contributed by atoms with E-state index in [-0.39, 0.29) is 5.75 Å². The summed E-state index contributed by atoms with van der Waals surface area (Å²) < 4.78 is 0.979. The molecular weight excluding hydrogens is 282 g/mol. The quantitative estimate of drug-likeness (QED) is 0.644. The molecule has 0 spiro atoms. The summed E-state index contributed by atoms with van der Waals surface area (Å²) in [4.78, 5) is 0. The van der Waals surface area contributed by atoms with Gasteiger partial charge < -0.3 is 10.8 Å². The van der Waals surface area contributed by atoms with Gasteiger partial charge in [0.1, 0.15) is 11.4 Å². The van der Waals surface area contributed by atoms with E-state index < -0.39 is 0 Å². The molecule has 0 radical (unpaired) electrons. The van der Waals surface area contributed by atoms with Gasteiger partial charge in [0.15, 0.2) is 0 Å². The molecule has 3 N–H and O–H groups in total. The van der Waals surface area contributed by atoms with Gasteiger partial charge in [0, 0.05) is 16.2 Å². The van der Waals surface area contributed by atoms with Crippen LogP contribution in [0.25, 0.3) is 0 Å². The summed E-state index contributed by atoms with van der Waals surface area (Å²) in [7, 11) is 0. The number of benzene rings is 2. The number of phenolic OH excluding ortho intramolecular Hbond substituents is 1. The van der Waals surface area contributed by atoms with Crippen molar-refractivity contribution >= 4 is 33.0 Å². The second-order valence-electron chi connectivity index (χ2n) is 3.42. The molecule has 86 valence electrons. The maximum atomic E-state index is 9.57. The molecule has 2 rings (SSSR count). The first kappa shape index (κ1) is 11.6. The molecule has 4 nitrogen and oxygen atoms in total. The fourth-order valence-electron chi connectivity index (χ4n) is 1.24. The Labute approximate surface area is 107 Å². The van der Waals surface area contributed by atoms with Crippen LogP contribution < -0.4 is 5.73 Å². The second-order valence-corrected chi connectivity index (χ2v) is 4.34. The van der Waals surface area contributed by atoms with E-state index in [0.29, 0.717) is 17.1 Å². The number of hydrogen-bond donors (Lipinski definition) is 2. The number of aromatic hydroxyl groups is 1. The molecule has 5 heteroatoms. The first-order chi connectivity index (χ1) is 8.15. The molecule has 0 atom stereocenters. The molecule has 0 aliphatic rings. The Bertz CT molecular complexity index is 552. The number of anilines is 1. The fourth-order valence-corrected chi connectivity index (χ4v) is 1.51. The van der Waals surface area contributed by atoms with Crippen molar-refractivity contribution in [1.29, 1.82) is 0 Å². The Kier molecular flexibility index (Phi) is 3.39. The van der Waals surface area contributed by atoms with E-state index >= 15 is 0 Å². The van der Waals surface area contributed by atoms with Crippen LogP contribution in [0, 0.1) is 0 Å². The Morgan fingerprint density at radius 2 is 1.71 bits per heavy atom. The van der Waals surface area contributed by atoms with Gasteiger partial charge in [0.25, 0.3) is 0 Å². The summed E-state index contributed by atoms with van der Waals surface area (Å²) in [6, 6.07) is 12.1. The highest BCUT2D eigenvalue weighted by Crippen LogP contribution is 2.29. The third-order valence-corrected chi connectivity index (χ3v) is 2.63. The summed E-state index contributed by atoms with van der Waals surface area (Å²) in [5.41, 5.74) is 7.11. The molecule has 0 saturated heterocycles. The fraction of sp³-hybridized carbons (Fsp3) is 0. The first-order valence-corrected chi connectivity index (χ1v) is 5.70. The summed E-state index contributed by atoms with van der Waals surface area (Å²) in [6.45, 7) is 0. The zero-order valence-electron chi connectivity index (χ0n) is 8.84. The molecule has 0 bridgehead atoms. The van der Waals surface area contributed by atoms with E-state index in [0.717, 1.165) is 4.47 Å². The smallest absolute Gasteiger partial charge is 0.145 e. The van der Waals surface area contributed by atoms with Crippen LogP contribution in [0.15, 0.2) is 57.2 Å². The SMILES string of the molecule is Nc1ccc(N=Nc2ccc(Br)cc2)c(O)c1. The van der Waals surface area contributed by atoms with Gasteiger partial charge in [-0.15, -0.1) is 5.11 Å². The van der Waals surface area contributed by atoms with Gasteiger partial charge >= 0.3 is 0 Å². The number of nitrogen functional groups attached to an aromatic ring is 1. The lowest BCUT2D eigenvalue weighted by Crippen LogP contribution is -1.81. The molecule has 0 heterocycles. The largest absolute Gasteiger partial charge is 0.506 e. The van der Waals surface area contributed by atoms with Crippen molar-refractivity contribution in [3.63, 3.8) is 0 Å². The van der Waals surface area contributed by atoms with E-state index in [1.54, 1.807) is 12.1 Å². The predicted molar refractivity (Wildman–Crippen MR) is 70.8 cm³/mol. The minimum Gasteiger partial charge on any atom is -0.506 e. The average Bonchev–Trinajstić information content (AvgIpc) is 2.30. The predicted octanol–water partition coefficient (Wildman–Crippen LogP) is 4.15. The van der Waals surface area contributed by atoms with Crippen LogP contribution in [0.3, 0.4) is 0 Å². The molecule has 0 unspecified atom stereocenters. The lowest BCUT2D eigenvalue weighted by Gasteiger charge is -1.98. The summed E-state index contributed by atoms with van der Waals surface area (Å²) in [5.74, 6) is 0.0193. The number of nitrogens with two attached hydrogens (primary N) is 1. The monoisotopic (exact) mass is 291 g/mol. The van der Waals surface area contributed by atoms with Crippen molar-refractivity contribution < 1.29 is 5.11 Å². The van der Waals surface area contributed by atoms with Crippen molar-refractivity contribution in [2.75, 3.05) is 5.73 Å². The van der Waals surface area contributed by atoms with E-state index in [1.807, 2.05) is 24.3 Å². The van der Waals surface area contributed by atoms with Crippen LogP contribution in [0.1, 0.15) is 0 Å². The molecule has 17 heavy (non-hydrogen) atoms. The van der Waals surface area contributed by atoms with Crippen LogP contribution in [0.4, 0.5) is 17.1 Å². The summed E-state index contributed by atoms with van der Waals surface area (Å²) >= 11 is 3.33.